The number of rotatable bonds is 1. The fraction of sp³-hybridized carbons (Fsp3) is 0.308. The van der Waals surface area contributed by atoms with Gasteiger partial charge in [-0.1, -0.05) is 0 Å². The number of carbonyl (C=O) groups is 3. The Bertz CT molecular complexity index is 663. The third-order valence-corrected chi connectivity index (χ3v) is 4.68. The second kappa shape index (κ2) is 4.86. The molecule has 2 aliphatic rings. The highest BCUT2D eigenvalue weighted by Crippen LogP contribution is 2.27. The third kappa shape index (κ3) is 2.33. The second-order valence-electron chi connectivity index (χ2n) is 5.13. The summed E-state index contributed by atoms with van der Waals surface area (Å²) >= 11 is 1.97. The Balaban J connectivity index is 1.80. The number of amides is 4. The van der Waals surface area contributed by atoms with Crippen molar-refractivity contribution in [2.24, 2.45) is 0 Å². The molecule has 0 aliphatic carbocycles. The quantitative estimate of drug-likeness (QED) is 0.469. The Hall–Kier alpha value is -1.84. The van der Waals surface area contributed by atoms with Crippen LogP contribution in [0.1, 0.15) is 16.8 Å². The molecule has 1 atom stereocenters. The average Bonchev–Trinajstić information content (AvgIpc) is 2.97. The summed E-state index contributed by atoms with van der Waals surface area (Å²) in [6, 6.07) is 4.16. The first-order valence-electron chi connectivity index (χ1n) is 6.33. The van der Waals surface area contributed by atoms with Crippen LogP contribution < -0.4 is 10.6 Å². The molecule has 4 amide bonds. The highest BCUT2D eigenvalue weighted by atomic mass is 127. The molecule has 110 valence electrons. The van der Waals surface area contributed by atoms with Crippen LogP contribution in [0.4, 0.5) is 4.79 Å². The molecule has 0 bridgehead atoms. The first-order chi connectivity index (χ1) is 9.91. The van der Waals surface area contributed by atoms with Crippen LogP contribution >= 0.6 is 22.6 Å². The smallest absolute Gasteiger partial charge is 0.322 e. The second-order valence-corrected chi connectivity index (χ2v) is 6.30. The Labute approximate surface area is 133 Å². The summed E-state index contributed by atoms with van der Waals surface area (Å²) in [5.41, 5.74) is -0.660. The summed E-state index contributed by atoms with van der Waals surface area (Å²) in [7, 11) is 0. The van der Waals surface area contributed by atoms with Gasteiger partial charge in [0.1, 0.15) is 11.3 Å². The number of imide groups is 1. The topological polar surface area (TPSA) is 98.7 Å². The molecule has 1 unspecified atom stereocenters. The van der Waals surface area contributed by atoms with E-state index in [0.717, 1.165) is 0 Å². The zero-order valence-electron chi connectivity index (χ0n) is 10.9. The molecule has 2 aliphatic heterocycles. The van der Waals surface area contributed by atoms with Crippen molar-refractivity contribution in [1.82, 2.24) is 15.5 Å². The van der Waals surface area contributed by atoms with E-state index in [-0.39, 0.29) is 18.2 Å². The van der Waals surface area contributed by atoms with Crippen molar-refractivity contribution in [2.45, 2.75) is 12.0 Å². The highest BCUT2D eigenvalue weighted by molar-refractivity contribution is 14.1. The Morgan fingerprint density at radius 2 is 2.14 bits per heavy atom. The van der Waals surface area contributed by atoms with Crippen LogP contribution in [0.15, 0.2) is 18.2 Å². The van der Waals surface area contributed by atoms with E-state index in [9.17, 15) is 19.5 Å². The summed E-state index contributed by atoms with van der Waals surface area (Å²) in [5, 5.41) is 14.5. The maximum absolute atomic E-state index is 12.4. The molecular formula is C13H12IN3O4. The van der Waals surface area contributed by atoms with Crippen LogP contribution in [0, 0.1) is 3.57 Å². The zero-order chi connectivity index (χ0) is 15.2. The first kappa shape index (κ1) is 14.1. The standard InChI is InChI=1S/C13H12IN3O4/c14-8-2-1-7(5-9(8)18)10(19)17-4-3-13(6-17)11(20)15-12(21)16-13/h1-2,5,18H,3-4,6H2,(H2,15,16,20,21). The molecule has 7 nitrogen and oxygen atoms in total. The summed E-state index contributed by atoms with van der Waals surface area (Å²) in [4.78, 5) is 37.0. The number of benzene rings is 1. The van der Waals surface area contributed by atoms with Gasteiger partial charge in [0, 0.05) is 12.1 Å². The van der Waals surface area contributed by atoms with Crippen molar-refractivity contribution in [3.63, 3.8) is 0 Å². The Morgan fingerprint density at radius 1 is 1.38 bits per heavy atom. The zero-order valence-corrected chi connectivity index (χ0v) is 13.0. The molecule has 0 radical (unpaired) electrons. The van der Waals surface area contributed by atoms with E-state index in [1.165, 1.54) is 11.0 Å². The number of phenolic OH excluding ortho intramolecular Hbond substituents is 1. The number of nitrogens with zero attached hydrogens (tertiary/aromatic N) is 1. The van der Waals surface area contributed by atoms with Crippen LogP contribution in [0.2, 0.25) is 0 Å². The van der Waals surface area contributed by atoms with Gasteiger partial charge in [0.2, 0.25) is 0 Å². The molecule has 1 aromatic carbocycles. The number of urea groups is 1. The molecule has 2 heterocycles. The molecule has 0 aromatic heterocycles. The van der Waals surface area contributed by atoms with Crippen LogP contribution in [0.5, 0.6) is 5.75 Å². The van der Waals surface area contributed by atoms with Gasteiger partial charge in [-0.15, -0.1) is 0 Å². The number of nitrogens with one attached hydrogen (secondary N) is 2. The lowest BCUT2D eigenvalue weighted by atomic mass is 9.99. The number of carbonyl (C=O) groups excluding carboxylic acids is 3. The minimum Gasteiger partial charge on any atom is -0.507 e. The Morgan fingerprint density at radius 3 is 2.76 bits per heavy atom. The van der Waals surface area contributed by atoms with Crippen molar-refractivity contribution in [3.05, 3.63) is 27.3 Å². The van der Waals surface area contributed by atoms with Crippen molar-refractivity contribution < 1.29 is 19.5 Å². The minimum absolute atomic E-state index is 0.0438. The largest absolute Gasteiger partial charge is 0.507 e. The molecule has 21 heavy (non-hydrogen) atoms. The van der Waals surface area contributed by atoms with Crippen molar-refractivity contribution in [1.29, 1.82) is 0 Å². The van der Waals surface area contributed by atoms with E-state index in [1.807, 2.05) is 22.6 Å². The van der Waals surface area contributed by atoms with Gasteiger partial charge in [-0.05, 0) is 47.2 Å². The van der Waals surface area contributed by atoms with E-state index < -0.39 is 17.5 Å². The van der Waals surface area contributed by atoms with Gasteiger partial charge in [-0.2, -0.15) is 0 Å². The normalized spacial score (nSPS) is 24.3. The lowest BCUT2D eigenvalue weighted by molar-refractivity contribution is -0.123. The fourth-order valence-corrected chi connectivity index (χ4v) is 2.96. The number of halogens is 1. The van der Waals surface area contributed by atoms with Gasteiger partial charge in [-0.3, -0.25) is 14.9 Å². The van der Waals surface area contributed by atoms with E-state index >= 15 is 0 Å². The van der Waals surface area contributed by atoms with Crippen molar-refractivity contribution >= 4 is 40.4 Å². The van der Waals surface area contributed by atoms with Gasteiger partial charge in [-0.25, -0.2) is 4.79 Å². The average molecular weight is 401 g/mol. The number of hydrogen-bond donors (Lipinski definition) is 3. The Kier molecular flexibility index (Phi) is 3.27. The number of phenols is 1. The van der Waals surface area contributed by atoms with E-state index in [1.54, 1.807) is 12.1 Å². The highest BCUT2D eigenvalue weighted by Gasteiger charge is 2.51. The van der Waals surface area contributed by atoms with E-state index in [0.29, 0.717) is 22.1 Å². The summed E-state index contributed by atoms with van der Waals surface area (Å²) < 4.78 is 0.657. The van der Waals surface area contributed by atoms with Crippen molar-refractivity contribution in [2.75, 3.05) is 13.1 Å². The lowest BCUT2D eigenvalue weighted by Crippen LogP contribution is -2.49. The monoisotopic (exact) mass is 401 g/mol. The molecule has 3 rings (SSSR count). The van der Waals surface area contributed by atoms with E-state index in [2.05, 4.69) is 10.6 Å². The predicted octanol–water partition coefficient (Wildman–Crippen LogP) is 0.421. The van der Waals surface area contributed by atoms with Gasteiger partial charge >= 0.3 is 6.03 Å². The summed E-state index contributed by atoms with van der Waals surface area (Å²) in [5.74, 6) is -0.622. The molecule has 0 saturated carbocycles. The fourth-order valence-electron chi connectivity index (χ4n) is 2.63. The molecular weight excluding hydrogens is 389 g/mol. The molecule has 3 N–H and O–H groups in total. The van der Waals surface area contributed by atoms with Gasteiger partial charge in [0.05, 0.1) is 10.1 Å². The molecule has 2 fully saturated rings. The van der Waals surface area contributed by atoms with Crippen LogP contribution in [0.3, 0.4) is 0 Å². The van der Waals surface area contributed by atoms with Gasteiger partial charge in [0.25, 0.3) is 11.8 Å². The summed E-state index contributed by atoms with van der Waals surface area (Å²) in [6.45, 7) is 0.509. The number of hydrogen-bond acceptors (Lipinski definition) is 4. The lowest BCUT2D eigenvalue weighted by Gasteiger charge is -2.21. The molecule has 8 heteroatoms. The molecule has 1 aromatic rings. The maximum Gasteiger partial charge on any atom is 0.322 e. The number of likely N-dealkylation sites (tertiary alicyclic amines) is 1. The molecule has 1 spiro atoms. The summed E-state index contributed by atoms with van der Waals surface area (Å²) in [6.07, 6.45) is 0.382. The van der Waals surface area contributed by atoms with Crippen LogP contribution in [-0.4, -0.2) is 46.5 Å². The SMILES string of the molecule is O=C1NC(=O)C2(CCN(C(=O)c3ccc(I)c(O)c3)C2)N1. The first-order valence-corrected chi connectivity index (χ1v) is 7.40. The van der Waals surface area contributed by atoms with Gasteiger partial charge < -0.3 is 15.3 Å². The van der Waals surface area contributed by atoms with Gasteiger partial charge in [0.15, 0.2) is 0 Å². The third-order valence-electron chi connectivity index (χ3n) is 3.76. The molecule has 2 saturated heterocycles. The minimum atomic E-state index is -1.02. The maximum atomic E-state index is 12.4. The van der Waals surface area contributed by atoms with Crippen LogP contribution in [-0.2, 0) is 4.79 Å². The van der Waals surface area contributed by atoms with Crippen molar-refractivity contribution in [3.8, 4) is 5.75 Å². The van der Waals surface area contributed by atoms with E-state index in [4.69, 9.17) is 0 Å². The predicted molar refractivity (Wildman–Crippen MR) is 80.7 cm³/mol. The van der Waals surface area contributed by atoms with Crippen LogP contribution in [0.25, 0.3) is 0 Å². The number of aromatic hydroxyl groups is 1.